The van der Waals surface area contributed by atoms with E-state index in [9.17, 15) is 0 Å². The van der Waals surface area contributed by atoms with Gasteiger partial charge in [0.05, 0.1) is 0 Å². The Morgan fingerprint density at radius 2 is 0.905 bits per heavy atom. The highest BCUT2D eigenvalue weighted by Crippen LogP contribution is 2.46. The first-order chi connectivity index (χ1) is 20.8. The summed E-state index contributed by atoms with van der Waals surface area (Å²) in [5.41, 5.74) is 8.15. The van der Waals surface area contributed by atoms with Crippen LogP contribution in [0.2, 0.25) is 0 Å². The summed E-state index contributed by atoms with van der Waals surface area (Å²) in [5.74, 6) is 0. The van der Waals surface area contributed by atoms with Crippen LogP contribution >= 0.6 is 0 Å². The Labute approximate surface area is 245 Å². The van der Waals surface area contributed by atoms with Crippen LogP contribution in [0.15, 0.2) is 140 Å². The second-order valence-corrected chi connectivity index (χ2v) is 11.5. The van der Waals surface area contributed by atoms with Crippen molar-refractivity contribution in [1.29, 1.82) is 0 Å². The van der Waals surface area contributed by atoms with Crippen molar-refractivity contribution in [2.75, 3.05) is 0 Å². The molecule has 0 aliphatic heterocycles. The minimum atomic E-state index is 1.04. The van der Waals surface area contributed by atoms with E-state index in [-0.39, 0.29) is 0 Å². The maximum absolute atomic E-state index is 2.46. The van der Waals surface area contributed by atoms with E-state index in [2.05, 4.69) is 146 Å². The van der Waals surface area contributed by atoms with E-state index in [1.165, 1.54) is 87.2 Å². The zero-order valence-electron chi connectivity index (χ0n) is 23.3. The molecule has 0 N–H and O–H groups in total. The third-order valence-electron chi connectivity index (χ3n) is 9.28. The average molecular weight is 533 g/mol. The number of hydrogen-bond donors (Lipinski definition) is 0. The maximum Gasteiger partial charge on any atom is -0.00295 e. The van der Waals surface area contributed by atoms with Crippen molar-refractivity contribution in [2.45, 2.75) is 12.8 Å². The van der Waals surface area contributed by atoms with E-state index in [0.717, 1.165) is 12.8 Å². The molecule has 9 rings (SSSR count). The molecule has 0 heteroatoms. The predicted molar refractivity (Wildman–Crippen MR) is 182 cm³/mol. The fourth-order valence-corrected chi connectivity index (χ4v) is 7.43. The summed E-state index contributed by atoms with van der Waals surface area (Å²) in [7, 11) is 0. The standard InChI is InChI=1S/C42H28/c1-2-12-28-25-29(22-21-27(28)11-1)41-36-17-7-9-19-38(36)42(39-20-10-8-18-37(39)41)30-23-24-35-33-15-4-3-13-31(33)32-14-5-6-16-34(32)40(35)26-30/h1-9,11-19,21-26H,10,20H2. The number of allylic oxidation sites excluding steroid dienone is 1. The Balaban J connectivity index is 1.38. The molecule has 0 heterocycles. The molecule has 196 valence electrons. The molecule has 0 nitrogen and oxygen atoms in total. The normalized spacial score (nSPS) is 13.0. The summed E-state index contributed by atoms with van der Waals surface area (Å²) < 4.78 is 0. The molecule has 8 aromatic carbocycles. The minimum absolute atomic E-state index is 1.04. The second-order valence-electron chi connectivity index (χ2n) is 11.5. The van der Waals surface area contributed by atoms with Gasteiger partial charge >= 0.3 is 0 Å². The molecule has 0 fully saturated rings. The lowest BCUT2D eigenvalue weighted by Crippen LogP contribution is -2.02. The molecule has 1 aliphatic rings. The van der Waals surface area contributed by atoms with Gasteiger partial charge in [0.15, 0.2) is 0 Å². The van der Waals surface area contributed by atoms with Crippen LogP contribution in [-0.4, -0.2) is 0 Å². The van der Waals surface area contributed by atoms with Crippen molar-refractivity contribution in [1.82, 2.24) is 0 Å². The third-order valence-corrected chi connectivity index (χ3v) is 9.28. The molecule has 0 bridgehead atoms. The first-order valence-electron chi connectivity index (χ1n) is 14.9. The number of hydrogen-bond acceptors (Lipinski definition) is 0. The van der Waals surface area contributed by atoms with E-state index >= 15 is 0 Å². The topological polar surface area (TPSA) is 0 Å². The van der Waals surface area contributed by atoms with Gasteiger partial charge in [0, 0.05) is 0 Å². The van der Waals surface area contributed by atoms with Crippen LogP contribution < -0.4 is 0 Å². The Kier molecular flexibility index (Phi) is 5.12. The van der Waals surface area contributed by atoms with Crippen LogP contribution in [0.5, 0.6) is 0 Å². The van der Waals surface area contributed by atoms with Crippen molar-refractivity contribution in [3.63, 3.8) is 0 Å². The molecular weight excluding hydrogens is 504 g/mol. The van der Waals surface area contributed by atoms with Crippen LogP contribution in [0.1, 0.15) is 17.5 Å². The van der Waals surface area contributed by atoms with E-state index in [4.69, 9.17) is 0 Å². The third kappa shape index (κ3) is 3.42. The van der Waals surface area contributed by atoms with Crippen molar-refractivity contribution in [3.8, 4) is 22.3 Å². The molecule has 0 saturated carbocycles. The van der Waals surface area contributed by atoms with E-state index in [1.54, 1.807) is 0 Å². The molecule has 42 heavy (non-hydrogen) atoms. The summed E-state index contributed by atoms with van der Waals surface area (Å²) in [4.78, 5) is 0. The van der Waals surface area contributed by atoms with Gasteiger partial charge in [-0.1, -0.05) is 133 Å². The van der Waals surface area contributed by atoms with Crippen LogP contribution in [0.4, 0.5) is 0 Å². The van der Waals surface area contributed by atoms with Gasteiger partial charge in [-0.05, 0) is 112 Å². The fraction of sp³-hybridized carbons (Fsp3) is 0.0476. The maximum atomic E-state index is 2.46. The Hall–Kier alpha value is -5.20. The van der Waals surface area contributed by atoms with Gasteiger partial charge in [-0.15, -0.1) is 0 Å². The summed E-state index contributed by atoms with van der Waals surface area (Å²) >= 11 is 0. The van der Waals surface area contributed by atoms with Gasteiger partial charge in [0.1, 0.15) is 0 Å². The van der Waals surface area contributed by atoms with Gasteiger partial charge in [-0.25, -0.2) is 0 Å². The fourth-order valence-electron chi connectivity index (χ4n) is 7.43. The van der Waals surface area contributed by atoms with Crippen molar-refractivity contribution >= 4 is 59.9 Å². The molecule has 0 amide bonds. The van der Waals surface area contributed by atoms with Crippen LogP contribution in [0.3, 0.4) is 0 Å². The first kappa shape index (κ1) is 23.5. The molecule has 1 aliphatic carbocycles. The van der Waals surface area contributed by atoms with Gasteiger partial charge < -0.3 is 0 Å². The Morgan fingerprint density at radius 1 is 0.381 bits per heavy atom. The molecular formula is C42H28. The first-order valence-corrected chi connectivity index (χ1v) is 14.9. The van der Waals surface area contributed by atoms with Gasteiger partial charge in [-0.2, -0.15) is 0 Å². The molecule has 0 radical (unpaired) electrons. The molecule has 0 spiro atoms. The average Bonchev–Trinajstić information content (AvgIpc) is 3.07. The summed E-state index contributed by atoms with van der Waals surface area (Å²) in [5, 5.41) is 13.1. The van der Waals surface area contributed by atoms with Crippen LogP contribution in [0.25, 0.3) is 82.2 Å². The lowest BCUT2D eigenvalue weighted by atomic mass is 9.79. The van der Waals surface area contributed by atoms with E-state index in [0.29, 0.717) is 0 Å². The zero-order valence-corrected chi connectivity index (χ0v) is 23.3. The Morgan fingerprint density at radius 3 is 1.62 bits per heavy atom. The van der Waals surface area contributed by atoms with Gasteiger partial charge in [0.25, 0.3) is 0 Å². The van der Waals surface area contributed by atoms with E-state index < -0.39 is 0 Å². The molecule has 0 aromatic heterocycles. The molecule has 8 aromatic rings. The SMILES string of the molecule is C1=Cc2c(c(-c3ccc4c5ccccc5c5ccccc5c4c3)c3ccccc3c2-c2ccc3ccccc3c2)CC1. The molecule has 0 saturated heterocycles. The highest BCUT2D eigenvalue weighted by atomic mass is 14.3. The summed E-state index contributed by atoms with van der Waals surface area (Å²) in [6, 6.07) is 49.5. The Bertz CT molecular complexity index is 2370. The van der Waals surface area contributed by atoms with Gasteiger partial charge in [0.2, 0.25) is 0 Å². The van der Waals surface area contributed by atoms with Crippen molar-refractivity contribution in [2.24, 2.45) is 0 Å². The number of fused-ring (bicyclic) bond motifs is 9. The van der Waals surface area contributed by atoms with Crippen molar-refractivity contribution in [3.05, 3.63) is 151 Å². The molecule has 0 atom stereocenters. The van der Waals surface area contributed by atoms with E-state index in [1.807, 2.05) is 0 Å². The largest absolute Gasteiger partial charge is 0.0836 e. The highest BCUT2D eigenvalue weighted by molar-refractivity contribution is 6.26. The second kappa shape index (κ2) is 9.16. The quantitative estimate of drug-likeness (QED) is 0.194. The smallest absolute Gasteiger partial charge is 0.00295 e. The van der Waals surface area contributed by atoms with Crippen LogP contribution in [-0.2, 0) is 6.42 Å². The summed E-state index contributed by atoms with van der Waals surface area (Å²) in [6.07, 6.45) is 6.84. The summed E-state index contributed by atoms with van der Waals surface area (Å²) in [6.45, 7) is 0. The minimum Gasteiger partial charge on any atom is -0.0836 e. The molecule has 0 unspecified atom stereocenters. The van der Waals surface area contributed by atoms with Gasteiger partial charge in [-0.3, -0.25) is 0 Å². The van der Waals surface area contributed by atoms with Crippen LogP contribution in [0, 0.1) is 0 Å². The zero-order chi connectivity index (χ0) is 27.6. The number of rotatable bonds is 2. The van der Waals surface area contributed by atoms with Crippen molar-refractivity contribution < 1.29 is 0 Å². The number of benzene rings is 8. The predicted octanol–water partition coefficient (Wildman–Crippen LogP) is 11.7. The monoisotopic (exact) mass is 532 g/mol. The lowest BCUT2D eigenvalue weighted by Gasteiger charge is -2.24. The highest BCUT2D eigenvalue weighted by Gasteiger charge is 2.22. The lowest BCUT2D eigenvalue weighted by molar-refractivity contribution is 0.991.